The third kappa shape index (κ3) is 1.61. The number of thiocarbonyl (C=S) groups is 1. The quantitative estimate of drug-likeness (QED) is 0.728. The summed E-state index contributed by atoms with van der Waals surface area (Å²) < 4.78 is 0. The molecule has 78 valence electrons. The third-order valence-corrected chi connectivity index (χ3v) is 2.83. The number of aryl methyl sites for hydroxylation is 2. The molecule has 2 rings (SSSR count). The van der Waals surface area contributed by atoms with Crippen molar-refractivity contribution in [1.29, 1.82) is 0 Å². The maximum absolute atomic E-state index is 11.7. The lowest BCUT2D eigenvalue weighted by molar-refractivity contribution is -0.115. The SMILES string of the molecule is Cc1cccc(C)c1N1C(=O)CNC1=S. The monoisotopic (exact) mass is 220 g/mol. The number of hydrogen-bond donors (Lipinski definition) is 1. The van der Waals surface area contributed by atoms with Crippen molar-refractivity contribution >= 4 is 28.9 Å². The topological polar surface area (TPSA) is 32.3 Å². The Labute approximate surface area is 94.1 Å². The Morgan fingerprint density at radius 3 is 2.40 bits per heavy atom. The Bertz CT molecular complexity index is 406. The predicted molar refractivity (Wildman–Crippen MR) is 64.0 cm³/mol. The number of rotatable bonds is 1. The molecule has 0 atom stereocenters. The first-order valence-electron chi connectivity index (χ1n) is 4.78. The number of carbonyl (C=O) groups is 1. The van der Waals surface area contributed by atoms with Gasteiger partial charge in [-0.15, -0.1) is 0 Å². The van der Waals surface area contributed by atoms with Crippen molar-refractivity contribution in [2.24, 2.45) is 0 Å². The van der Waals surface area contributed by atoms with E-state index in [2.05, 4.69) is 5.32 Å². The Morgan fingerprint density at radius 2 is 1.93 bits per heavy atom. The molecule has 0 spiro atoms. The lowest BCUT2D eigenvalue weighted by Crippen LogP contribution is -2.31. The summed E-state index contributed by atoms with van der Waals surface area (Å²) in [5, 5.41) is 3.38. The van der Waals surface area contributed by atoms with Gasteiger partial charge in [0.1, 0.15) is 0 Å². The zero-order valence-electron chi connectivity index (χ0n) is 8.70. The van der Waals surface area contributed by atoms with Crippen LogP contribution in [0, 0.1) is 13.8 Å². The summed E-state index contributed by atoms with van der Waals surface area (Å²) in [6.45, 7) is 4.26. The Balaban J connectivity index is 2.53. The predicted octanol–water partition coefficient (Wildman–Crippen LogP) is 1.52. The summed E-state index contributed by atoms with van der Waals surface area (Å²) in [5.41, 5.74) is 3.04. The van der Waals surface area contributed by atoms with Gasteiger partial charge in [0.15, 0.2) is 5.11 Å². The fourth-order valence-electron chi connectivity index (χ4n) is 1.81. The van der Waals surface area contributed by atoms with E-state index in [0.717, 1.165) is 16.8 Å². The molecule has 0 saturated carbocycles. The second-order valence-electron chi connectivity index (χ2n) is 3.63. The van der Waals surface area contributed by atoms with Gasteiger partial charge in [0.25, 0.3) is 5.91 Å². The standard InChI is InChI=1S/C11H12N2OS/c1-7-4-3-5-8(2)10(7)13-9(14)6-12-11(13)15/h3-5H,6H2,1-2H3,(H,12,15). The second-order valence-corrected chi connectivity index (χ2v) is 4.01. The van der Waals surface area contributed by atoms with Crippen molar-refractivity contribution in [3.63, 3.8) is 0 Å². The number of nitrogens with zero attached hydrogens (tertiary/aromatic N) is 1. The van der Waals surface area contributed by atoms with Crippen LogP contribution in [0.1, 0.15) is 11.1 Å². The van der Waals surface area contributed by atoms with Gasteiger partial charge in [-0.1, -0.05) is 18.2 Å². The summed E-state index contributed by atoms with van der Waals surface area (Å²) in [6.07, 6.45) is 0. The molecule has 15 heavy (non-hydrogen) atoms. The first-order valence-corrected chi connectivity index (χ1v) is 5.19. The average Bonchev–Trinajstić information content (AvgIpc) is 2.49. The second kappa shape index (κ2) is 3.62. The summed E-state index contributed by atoms with van der Waals surface area (Å²) in [5.74, 6) is 0.0115. The highest BCUT2D eigenvalue weighted by atomic mass is 32.1. The van der Waals surface area contributed by atoms with Crippen LogP contribution in [0.25, 0.3) is 0 Å². The van der Waals surface area contributed by atoms with E-state index in [9.17, 15) is 4.79 Å². The maximum atomic E-state index is 11.7. The van der Waals surface area contributed by atoms with Gasteiger partial charge >= 0.3 is 0 Å². The molecule has 1 aliphatic rings. The fraction of sp³-hybridized carbons (Fsp3) is 0.273. The van der Waals surface area contributed by atoms with Crippen molar-refractivity contribution < 1.29 is 4.79 Å². The lowest BCUT2D eigenvalue weighted by atomic mass is 10.1. The number of carbonyl (C=O) groups excluding carboxylic acids is 1. The van der Waals surface area contributed by atoms with Gasteiger partial charge in [-0.2, -0.15) is 0 Å². The van der Waals surface area contributed by atoms with Crippen molar-refractivity contribution in [1.82, 2.24) is 5.32 Å². The summed E-state index contributed by atoms with van der Waals surface area (Å²) in [7, 11) is 0. The molecule has 4 heteroatoms. The van der Waals surface area contributed by atoms with Crippen molar-refractivity contribution in [3.05, 3.63) is 29.3 Å². The van der Waals surface area contributed by atoms with Crippen molar-refractivity contribution in [2.45, 2.75) is 13.8 Å². The van der Waals surface area contributed by atoms with E-state index >= 15 is 0 Å². The molecule has 0 unspecified atom stereocenters. The first kappa shape index (κ1) is 10.1. The number of benzene rings is 1. The van der Waals surface area contributed by atoms with Gasteiger partial charge in [-0.25, -0.2) is 0 Å². The van der Waals surface area contributed by atoms with Gasteiger partial charge in [0.05, 0.1) is 12.2 Å². The van der Waals surface area contributed by atoms with E-state index in [0.29, 0.717) is 11.7 Å². The van der Waals surface area contributed by atoms with Gasteiger partial charge in [0, 0.05) is 0 Å². The van der Waals surface area contributed by atoms with Crippen LogP contribution >= 0.6 is 12.2 Å². The van der Waals surface area contributed by atoms with Crippen LogP contribution in [0.2, 0.25) is 0 Å². The number of nitrogens with one attached hydrogen (secondary N) is 1. The van der Waals surface area contributed by atoms with E-state index in [1.807, 2.05) is 32.0 Å². The van der Waals surface area contributed by atoms with Crippen LogP contribution in [0.4, 0.5) is 5.69 Å². The minimum atomic E-state index is 0.0115. The van der Waals surface area contributed by atoms with E-state index < -0.39 is 0 Å². The first-order chi connectivity index (χ1) is 7.11. The lowest BCUT2D eigenvalue weighted by Gasteiger charge is -2.19. The number of amides is 1. The van der Waals surface area contributed by atoms with E-state index in [-0.39, 0.29) is 5.91 Å². The molecule has 1 heterocycles. The summed E-state index contributed by atoms with van der Waals surface area (Å²) >= 11 is 5.11. The summed E-state index contributed by atoms with van der Waals surface area (Å²) in [4.78, 5) is 13.2. The van der Waals surface area contributed by atoms with E-state index in [1.54, 1.807) is 4.90 Å². The van der Waals surface area contributed by atoms with Crippen LogP contribution in [0.15, 0.2) is 18.2 Å². The normalized spacial score (nSPS) is 15.7. The van der Waals surface area contributed by atoms with Crippen LogP contribution < -0.4 is 10.2 Å². The van der Waals surface area contributed by atoms with Gasteiger partial charge in [-0.05, 0) is 37.2 Å². The smallest absolute Gasteiger partial charge is 0.252 e. The summed E-state index contributed by atoms with van der Waals surface area (Å²) in [6, 6.07) is 5.94. The zero-order chi connectivity index (χ0) is 11.0. The highest BCUT2D eigenvalue weighted by Crippen LogP contribution is 2.26. The Kier molecular flexibility index (Phi) is 2.44. The Morgan fingerprint density at radius 1 is 1.33 bits per heavy atom. The molecule has 1 aromatic rings. The molecule has 1 amide bonds. The van der Waals surface area contributed by atoms with Gasteiger partial charge in [-0.3, -0.25) is 9.69 Å². The van der Waals surface area contributed by atoms with E-state index in [4.69, 9.17) is 12.2 Å². The van der Waals surface area contributed by atoms with Gasteiger partial charge in [0.2, 0.25) is 0 Å². The molecule has 1 saturated heterocycles. The Hall–Kier alpha value is -1.42. The van der Waals surface area contributed by atoms with E-state index in [1.165, 1.54) is 0 Å². The molecular formula is C11H12N2OS. The molecule has 1 aromatic carbocycles. The third-order valence-electron chi connectivity index (χ3n) is 2.51. The van der Waals surface area contributed by atoms with Crippen molar-refractivity contribution in [2.75, 3.05) is 11.4 Å². The molecular weight excluding hydrogens is 208 g/mol. The van der Waals surface area contributed by atoms with Crippen LogP contribution in [-0.4, -0.2) is 17.6 Å². The molecule has 0 radical (unpaired) electrons. The largest absolute Gasteiger partial charge is 0.353 e. The molecule has 0 aromatic heterocycles. The molecule has 1 aliphatic heterocycles. The number of hydrogen-bond acceptors (Lipinski definition) is 2. The number of para-hydroxylation sites is 1. The average molecular weight is 220 g/mol. The molecule has 0 bridgehead atoms. The van der Waals surface area contributed by atoms with Crippen molar-refractivity contribution in [3.8, 4) is 0 Å². The minimum Gasteiger partial charge on any atom is -0.353 e. The highest BCUT2D eigenvalue weighted by Gasteiger charge is 2.28. The minimum absolute atomic E-state index is 0.0115. The zero-order valence-corrected chi connectivity index (χ0v) is 9.52. The molecule has 0 aliphatic carbocycles. The van der Waals surface area contributed by atoms with Gasteiger partial charge < -0.3 is 5.32 Å². The van der Waals surface area contributed by atoms with Crippen LogP contribution in [-0.2, 0) is 4.79 Å². The number of anilines is 1. The van der Waals surface area contributed by atoms with Crippen LogP contribution in [0.5, 0.6) is 0 Å². The molecule has 1 N–H and O–H groups in total. The fourth-order valence-corrected chi connectivity index (χ4v) is 2.07. The molecule has 1 fully saturated rings. The molecule has 3 nitrogen and oxygen atoms in total. The van der Waals surface area contributed by atoms with Crippen LogP contribution in [0.3, 0.4) is 0 Å². The maximum Gasteiger partial charge on any atom is 0.252 e. The highest BCUT2D eigenvalue weighted by molar-refractivity contribution is 7.80.